The predicted molar refractivity (Wildman–Crippen MR) is 71.7 cm³/mol. The molecule has 2 rings (SSSR count). The van der Waals surface area contributed by atoms with Crippen molar-refractivity contribution in [2.75, 3.05) is 25.0 Å². The summed E-state index contributed by atoms with van der Waals surface area (Å²) in [6.45, 7) is 0.760. The molecule has 1 amide bonds. The zero-order valence-electron chi connectivity index (χ0n) is 11.1. The number of carbonyl (C=O) groups is 1. The van der Waals surface area contributed by atoms with E-state index in [-0.39, 0.29) is 24.5 Å². The smallest absolute Gasteiger partial charge is 0.239 e. The highest BCUT2D eigenvalue weighted by atomic mass is 16.3. The number of hydrogen-bond acceptors (Lipinski definition) is 5. The van der Waals surface area contributed by atoms with Gasteiger partial charge in [-0.05, 0) is 18.9 Å². The molecule has 1 aromatic rings. The molecule has 1 saturated carbocycles. The Bertz CT molecular complexity index is 412. The van der Waals surface area contributed by atoms with Gasteiger partial charge in [-0.3, -0.25) is 4.79 Å². The highest BCUT2D eigenvalue weighted by molar-refractivity contribution is 5.80. The Morgan fingerprint density at radius 3 is 2.84 bits per heavy atom. The Balaban J connectivity index is 1.75. The van der Waals surface area contributed by atoms with E-state index in [1.807, 2.05) is 0 Å². The third kappa shape index (κ3) is 3.89. The molecule has 0 radical (unpaired) electrons. The highest BCUT2D eigenvalue weighted by Crippen LogP contribution is 2.24. The van der Waals surface area contributed by atoms with Crippen molar-refractivity contribution in [2.45, 2.75) is 25.4 Å². The Kier molecular flexibility index (Phi) is 4.68. The minimum absolute atomic E-state index is 0.0750. The molecule has 1 heterocycles. The number of hydrogen-bond donors (Lipinski definition) is 2. The van der Waals surface area contributed by atoms with Gasteiger partial charge >= 0.3 is 0 Å². The molecule has 0 spiro atoms. The van der Waals surface area contributed by atoms with Crippen LogP contribution in [-0.4, -0.2) is 47.2 Å². The molecule has 1 aliphatic rings. The quantitative estimate of drug-likeness (QED) is 0.794. The highest BCUT2D eigenvalue weighted by Gasteiger charge is 2.25. The van der Waals surface area contributed by atoms with Crippen molar-refractivity contribution in [1.82, 2.24) is 15.3 Å². The second-order valence-corrected chi connectivity index (χ2v) is 4.97. The van der Waals surface area contributed by atoms with Gasteiger partial charge in [0.25, 0.3) is 0 Å². The molecule has 1 aliphatic carbocycles. The van der Waals surface area contributed by atoms with Crippen LogP contribution in [0.4, 0.5) is 5.95 Å². The lowest BCUT2D eigenvalue weighted by atomic mass is 10.1. The summed E-state index contributed by atoms with van der Waals surface area (Å²) in [7, 11) is 1.78. The first-order valence-electron chi connectivity index (χ1n) is 6.59. The second kappa shape index (κ2) is 6.47. The number of carbonyl (C=O) groups excluding carboxylic acids is 1. The molecular formula is C13H20N4O2. The van der Waals surface area contributed by atoms with Crippen LogP contribution in [0.15, 0.2) is 18.5 Å². The van der Waals surface area contributed by atoms with Crippen LogP contribution in [0.2, 0.25) is 0 Å². The summed E-state index contributed by atoms with van der Waals surface area (Å²) < 4.78 is 0. The van der Waals surface area contributed by atoms with Gasteiger partial charge in [-0.15, -0.1) is 0 Å². The fourth-order valence-electron chi connectivity index (χ4n) is 2.33. The first-order valence-corrected chi connectivity index (χ1v) is 6.59. The number of aromatic nitrogens is 2. The van der Waals surface area contributed by atoms with E-state index in [0.29, 0.717) is 12.5 Å². The minimum atomic E-state index is -0.268. The topological polar surface area (TPSA) is 78.4 Å². The van der Waals surface area contributed by atoms with Crippen LogP contribution in [0.5, 0.6) is 0 Å². The van der Waals surface area contributed by atoms with Gasteiger partial charge in [0.15, 0.2) is 0 Å². The van der Waals surface area contributed by atoms with E-state index in [2.05, 4.69) is 15.3 Å². The average molecular weight is 264 g/mol. The van der Waals surface area contributed by atoms with E-state index in [4.69, 9.17) is 0 Å². The lowest BCUT2D eigenvalue weighted by Crippen LogP contribution is -2.39. The van der Waals surface area contributed by atoms with Crippen molar-refractivity contribution >= 4 is 11.9 Å². The van der Waals surface area contributed by atoms with Crippen molar-refractivity contribution < 1.29 is 9.90 Å². The fourth-order valence-corrected chi connectivity index (χ4v) is 2.33. The Morgan fingerprint density at radius 2 is 2.21 bits per heavy atom. The van der Waals surface area contributed by atoms with E-state index < -0.39 is 0 Å². The van der Waals surface area contributed by atoms with Gasteiger partial charge in [-0.1, -0.05) is 6.42 Å². The predicted octanol–water partition coefficient (Wildman–Crippen LogP) is 0.190. The summed E-state index contributed by atoms with van der Waals surface area (Å²) in [6, 6.07) is 1.74. The van der Waals surface area contributed by atoms with Gasteiger partial charge in [0.2, 0.25) is 11.9 Å². The Morgan fingerprint density at radius 1 is 1.47 bits per heavy atom. The standard InChI is InChI=1S/C13H20N4O2/c1-17(13-14-6-3-7-15-13)9-12(19)16-8-10-4-2-5-11(10)18/h3,6-7,10-11,18H,2,4-5,8-9H2,1H3,(H,16,19). The molecule has 6 heteroatoms. The molecule has 19 heavy (non-hydrogen) atoms. The number of likely N-dealkylation sites (N-methyl/N-ethyl adjacent to an activating group) is 1. The lowest BCUT2D eigenvalue weighted by molar-refractivity contribution is -0.120. The van der Waals surface area contributed by atoms with E-state index in [0.717, 1.165) is 19.3 Å². The molecule has 0 bridgehead atoms. The van der Waals surface area contributed by atoms with Gasteiger partial charge < -0.3 is 15.3 Å². The fraction of sp³-hybridized carbons (Fsp3) is 0.615. The molecule has 2 unspecified atom stereocenters. The number of nitrogens with zero attached hydrogens (tertiary/aromatic N) is 3. The number of rotatable bonds is 5. The largest absolute Gasteiger partial charge is 0.393 e. The number of aliphatic hydroxyl groups excluding tert-OH is 1. The first kappa shape index (κ1) is 13.7. The third-order valence-electron chi connectivity index (χ3n) is 3.45. The van der Waals surface area contributed by atoms with Gasteiger partial charge in [0, 0.05) is 31.9 Å². The monoisotopic (exact) mass is 264 g/mol. The number of nitrogens with one attached hydrogen (secondary N) is 1. The van der Waals surface area contributed by atoms with Crippen molar-refractivity contribution in [1.29, 1.82) is 0 Å². The molecule has 1 aromatic heterocycles. The maximum atomic E-state index is 11.8. The number of amides is 1. The van der Waals surface area contributed by atoms with E-state index in [9.17, 15) is 9.90 Å². The summed E-state index contributed by atoms with van der Waals surface area (Å²) in [5.74, 6) is 0.648. The summed E-state index contributed by atoms with van der Waals surface area (Å²) >= 11 is 0. The molecule has 0 aromatic carbocycles. The molecule has 2 N–H and O–H groups in total. The second-order valence-electron chi connectivity index (χ2n) is 4.97. The summed E-state index contributed by atoms with van der Waals surface area (Å²) in [4.78, 5) is 21.6. The maximum absolute atomic E-state index is 11.8. The molecule has 0 aliphatic heterocycles. The SMILES string of the molecule is CN(CC(=O)NCC1CCCC1O)c1ncccn1. The third-order valence-corrected chi connectivity index (χ3v) is 3.45. The minimum Gasteiger partial charge on any atom is -0.393 e. The van der Waals surface area contributed by atoms with Crippen molar-refractivity contribution in [3.05, 3.63) is 18.5 Å². The van der Waals surface area contributed by atoms with Gasteiger partial charge in [-0.2, -0.15) is 0 Å². The molecule has 104 valence electrons. The van der Waals surface area contributed by atoms with Crippen molar-refractivity contribution in [2.24, 2.45) is 5.92 Å². The Labute approximate surface area is 112 Å². The van der Waals surface area contributed by atoms with Crippen LogP contribution in [0.25, 0.3) is 0 Å². The van der Waals surface area contributed by atoms with Gasteiger partial charge in [0.1, 0.15) is 0 Å². The van der Waals surface area contributed by atoms with Gasteiger partial charge in [-0.25, -0.2) is 9.97 Å². The van der Waals surface area contributed by atoms with Crippen LogP contribution >= 0.6 is 0 Å². The lowest BCUT2D eigenvalue weighted by Gasteiger charge is -2.18. The molecular weight excluding hydrogens is 244 g/mol. The van der Waals surface area contributed by atoms with E-state index in [1.165, 1.54) is 0 Å². The zero-order valence-corrected chi connectivity index (χ0v) is 11.1. The maximum Gasteiger partial charge on any atom is 0.239 e. The van der Waals surface area contributed by atoms with Crippen LogP contribution in [0, 0.1) is 5.92 Å². The normalized spacial score (nSPS) is 22.2. The van der Waals surface area contributed by atoms with Crippen LogP contribution in [0.1, 0.15) is 19.3 Å². The Hall–Kier alpha value is -1.69. The van der Waals surface area contributed by atoms with Crippen LogP contribution in [-0.2, 0) is 4.79 Å². The number of anilines is 1. The van der Waals surface area contributed by atoms with E-state index >= 15 is 0 Å². The number of aliphatic hydroxyl groups is 1. The molecule has 2 atom stereocenters. The van der Waals surface area contributed by atoms with E-state index in [1.54, 1.807) is 30.4 Å². The summed E-state index contributed by atoms with van der Waals surface area (Å²) in [5, 5.41) is 12.5. The van der Waals surface area contributed by atoms with Gasteiger partial charge in [0.05, 0.1) is 12.6 Å². The first-order chi connectivity index (χ1) is 9.16. The molecule has 6 nitrogen and oxygen atoms in total. The van der Waals surface area contributed by atoms with Crippen molar-refractivity contribution in [3.8, 4) is 0 Å². The van der Waals surface area contributed by atoms with Crippen LogP contribution < -0.4 is 10.2 Å². The summed E-state index contributed by atoms with van der Waals surface area (Å²) in [6.07, 6.45) is 5.89. The summed E-state index contributed by atoms with van der Waals surface area (Å²) in [5.41, 5.74) is 0. The molecule has 0 saturated heterocycles. The zero-order chi connectivity index (χ0) is 13.7. The van der Waals surface area contributed by atoms with Crippen molar-refractivity contribution in [3.63, 3.8) is 0 Å². The molecule has 1 fully saturated rings. The average Bonchev–Trinajstić information content (AvgIpc) is 2.83. The van der Waals surface area contributed by atoms with Crippen LogP contribution in [0.3, 0.4) is 0 Å².